The van der Waals surface area contributed by atoms with Crippen LogP contribution in [0.3, 0.4) is 0 Å². The summed E-state index contributed by atoms with van der Waals surface area (Å²) in [5.41, 5.74) is -0.260. The van der Waals surface area contributed by atoms with E-state index < -0.39 is 23.4 Å². The Balaban J connectivity index is 2.26. The number of ketones is 2. The lowest BCUT2D eigenvalue weighted by Gasteiger charge is -2.14. The number of phenols is 3. The third-order valence-corrected chi connectivity index (χ3v) is 7.05. The van der Waals surface area contributed by atoms with E-state index in [0.717, 1.165) is 70.6 Å². The number of rotatable bonds is 19. The fourth-order valence-electron chi connectivity index (χ4n) is 4.85. The van der Waals surface area contributed by atoms with Crippen LogP contribution in [0, 0.1) is 0 Å². The number of benzene rings is 2. The number of phenolic OH excluding ortho intramolecular Hbond substituents is 3. The minimum atomic E-state index is -1.03. The first kappa shape index (κ1) is 34.3. The van der Waals surface area contributed by atoms with E-state index in [1.807, 2.05) is 0 Å². The molecule has 9 heteroatoms. The van der Waals surface area contributed by atoms with Gasteiger partial charge >= 0.3 is 11.9 Å². The number of hydrogen-bond donors (Lipinski definition) is 3. The van der Waals surface area contributed by atoms with E-state index in [0.29, 0.717) is 25.7 Å². The SMILES string of the molecule is CCCCCCCC(=O)Cc1cc(OC(=O)c2c(O)cc(O)cc2CC(=O)CCCCCCC)cc(O)c1C(=O)OC. The van der Waals surface area contributed by atoms with Gasteiger partial charge in [0.1, 0.15) is 45.7 Å². The van der Waals surface area contributed by atoms with Gasteiger partial charge in [-0.3, -0.25) is 9.59 Å². The van der Waals surface area contributed by atoms with Gasteiger partial charge in [-0.25, -0.2) is 9.59 Å². The van der Waals surface area contributed by atoms with Crippen LogP contribution < -0.4 is 4.74 Å². The summed E-state index contributed by atoms with van der Waals surface area (Å²) in [5, 5.41) is 31.1. The number of carbonyl (C=O) groups is 4. The number of esters is 2. The number of methoxy groups -OCH3 is 1. The Kier molecular flexibility index (Phi) is 14.6. The van der Waals surface area contributed by atoms with Crippen molar-refractivity contribution >= 4 is 23.5 Å². The maximum atomic E-state index is 13.2. The molecule has 0 heterocycles. The van der Waals surface area contributed by atoms with E-state index in [-0.39, 0.29) is 58.2 Å². The van der Waals surface area contributed by atoms with Crippen molar-refractivity contribution in [2.75, 3.05) is 7.11 Å². The van der Waals surface area contributed by atoms with E-state index in [9.17, 15) is 34.5 Å². The molecule has 0 aliphatic carbocycles. The summed E-state index contributed by atoms with van der Waals surface area (Å²) in [7, 11) is 1.15. The second-order valence-electron chi connectivity index (χ2n) is 10.6. The number of Topliss-reactive ketones (excluding diaryl/α,β-unsaturated/α-hetero) is 2. The maximum absolute atomic E-state index is 13.2. The molecule has 2 aromatic rings. The fraction of sp³-hybridized carbons (Fsp3) is 0.515. The standard InChI is InChI=1S/C33H44O9/c1-4-6-8-10-12-14-24(34)16-22-18-26(36)20-28(37)31(22)33(40)42-27-19-23(30(29(38)21-27)32(39)41-3)17-25(35)15-13-11-9-7-5-2/h18-21,36-38H,4-17H2,1-3H3. The highest BCUT2D eigenvalue weighted by Gasteiger charge is 2.25. The second-order valence-corrected chi connectivity index (χ2v) is 10.6. The van der Waals surface area contributed by atoms with E-state index in [1.165, 1.54) is 12.1 Å². The van der Waals surface area contributed by atoms with Gasteiger partial charge in [-0.15, -0.1) is 0 Å². The van der Waals surface area contributed by atoms with Gasteiger partial charge in [0.2, 0.25) is 0 Å². The summed E-state index contributed by atoms with van der Waals surface area (Å²) in [6.07, 6.45) is 9.86. The number of aromatic hydroxyl groups is 3. The summed E-state index contributed by atoms with van der Waals surface area (Å²) in [4.78, 5) is 50.9. The van der Waals surface area contributed by atoms with Crippen LogP contribution in [0.5, 0.6) is 23.0 Å². The third kappa shape index (κ3) is 10.8. The van der Waals surface area contributed by atoms with Gasteiger partial charge in [0.05, 0.1) is 7.11 Å². The molecule has 0 aliphatic rings. The van der Waals surface area contributed by atoms with Gasteiger partial charge in [0.25, 0.3) is 0 Å². The Labute approximate surface area is 247 Å². The van der Waals surface area contributed by atoms with Crippen molar-refractivity contribution in [1.82, 2.24) is 0 Å². The highest BCUT2D eigenvalue weighted by atomic mass is 16.5. The number of ether oxygens (including phenoxy) is 2. The van der Waals surface area contributed by atoms with Crippen molar-refractivity contribution in [2.24, 2.45) is 0 Å². The zero-order valence-electron chi connectivity index (χ0n) is 25.0. The molecule has 0 radical (unpaired) electrons. The Morgan fingerprint density at radius 1 is 0.619 bits per heavy atom. The van der Waals surface area contributed by atoms with Gasteiger partial charge in [-0.2, -0.15) is 0 Å². The minimum absolute atomic E-state index is 0.102. The smallest absolute Gasteiger partial charge is 0.347 e. The van der Waals surface area contributed by atoms with Gasteiger partial charge in [0.15, 0.2) is 0 Å². The predicted octanol–water partition coefficient (Wildman–Crippen LogP) is 6.75. The average molecular weight is 585 g/mol. The van der Waals surface area contributed by atoms with Gasteiger partial charge < -0.3 is 24.8 Å². The number of hydrogen-bond acceptors (Lipinski definition) is 9. The van der Waals surface area contributed by atoms with E-state index in [1.54, 1.807) is 0 Å². The summed E-state index contributed by atoms with van der Waals surface area (Å²) in [6.45, 7) is 4.21. The zero-order chi connectivity index (χ0) is 31.1. The minimum Gasteiger partial charge on any atom is -0.508 e. The summed E-state index contributed by atoms with van der Waals surface area (Å²) >= 11 is 0. The molecule has 2 rings (SSSR count). The Bertz CT molecular complexity index is 1230. The van der Waals surface area contributed by atoms with E-state index in [2.05, 4.69) is 13.8 Å². The first-order valence-corrected chi connectivity index (χ1v) is 14.9. The van der Waals surface area contributed by atoms with Crippen molar-refractivity contribution in [3.8, 4) is 23.0 Å². The van der Waals surface area contributed by atoms with Crippen LogP contribution >= 0.6 is 0 Å². The summed E-state index contributed by atoms with van der Waals surface area (Å²) in [5.74, 6) is -3.76. The Morgan fingerprint density at radius 2 is 1.10 bits per heavy atom. The monoisotopic (exact) mass is 584 g/mol. The van der Waals surface area contributed by atoms with Crippen molar-refractivity contribution < 1.29 is 44.0 Å². The molecule has 0 aromatic heterocycles. The van der Waals surface area contributed by atoms with Gasteiger partial charge in [-0.05, 0) is 36.1 Å². The van der Waals surface area contributed by atoms with Crippen molar-refractivity contribution in [1.29, 1.82) is 0 Å². The molecule has 2 aromatic carbocycles. The van der Waals surface area contributed by atoms with Crippen molar-refractivity contribution in [2.45, 2.75) is 104 Å². The van der Waals surface area contributed by atoms with E-state index in [4.69, 9.17) is 9.47 Å². The first-order valence-electron chi connectivity index (χ1n) is 14.9. The van der Waals surface area contributed by atoms with Crippen LogP contribution in [-0.2, 0) is 27.2 Å². The molecular weight excluding hydrogens is 540 g/mol. The fourth-order valence-corrected chi connectivity index (χ4v) is 4.85. The number of unbranched alkanes of at least 4 members (excludes halogenated alkanes) is 8. The third-order valence-electron chi connectivity index (χ3n) is 7.05. The maximum Gasteiger partial charge on any atom is 0.347 e. The Hall–Kier alpha value is -3.88. The Morgan fingerprint density at radius 3 is 1.62 bits per heavy atom. The molecule has 0 amide bonds. The molecule has 0 spiro atoms. The van der Waals surface area contributed by atoms with Crippen LogP contribution in [-0.4, -0.2) is 45.9 Å². The van der Waals surface area contributed by atoms with Crippen LogP contribution in [0.15, 0.2) is 24.3 Å². The molecule has 0 unspecified atom stereocenters. The molecule has 3 N–H and O–H groups in total. The topological polar surface area (TPSA) is 147 Å². The van der Waals surface area contributed by atoms with Crippen molar-refractivity contribution in [3.05, 3.63) is 46.5 Å². The van der Waals surface area contributed by atoms with Crippen LogP contribution in [0.4, 0.5) is 0 Å². The average Bonchev–Trinajstić information content (AvgIpc) is 2.92. The summed E-state index contributed by atoms with van der Waals surface area (Å²) < 4.78 is 10.2. The molecule has 0 aliphatic heterocycles. The normalized spacial score (nSPS) is 10.8. The molecule has 0 fully saturated rings. The molecule has 0 bridgehead atoms. The van der Waals surface area contributed by atoms with Gasteiger partial charge in [-0.1, -0.05) is 65.2 Å². The molecule has 9 nitrogen and oxygen atoms in total. The largest absolute Gasteiger partial charge is 0.508 e. The molecule has 0 saturated carbocycles. The van der Waals surface area contributed by atoms with Crippen LogP contribution in [0.1, 0.15) is 123 Å². The predicted molar refractivity (Wildman–Crippen MR) is 158 cm³/mol. The lowest BCUT2D eigenvalue weighted by Crippen LogP contribution is -2.15. The summed E-state index contributed by atoms with van der Waals surface area (Å²) in [6, 6.07) is 4.55. The van der Waals surface area contributed by atoms with Crippen molar-refractivity contribution in [3.63, 3.8) is 0 Å². The lowest BCUT2D eigenvalue weighted by molar-refractivity contribution is -0.119. The molecule has 230 valence electrons. The zero-order valence-corrected chi connectivity index (χ0v) is 25.0. The highest BCUT2D eigenvalue weighted by molar-refractivity contribution is 5.99. The molecule has 0 atom stereocenters. The lowest BCUT2D eigenvalue weighted by atomic mass is 9.97. The second kappa shape index (κ2) is 17.8. The first-order chi connectivity index (χ1) is 20.1. The number of carbonyl (C=O) groups excluding carboxylic acids is 4. The quantitative estimate of drug-likeness (QED) is 0.0926. The molecular formula is C33H44O9. The molecule has 0 saturated heterocycles. The molecule has 42 heavy (non-hydrogen) atoms. The van der Waals surface area contributed by atoms with Crippen LogP contribution in [0.2, 0.25) is 0 Å². The van der Waals surface area contributed by atoms with E-state index >= 15 is 0 Å². The van der Waals surface area contributed by atoms with Crippen LogP contribution in [0.25, 0.3) is 0 Å². The van der Waals surface area contributed by atoms with Gasteiger partial charge in [0, 0.05) is 37.8 Å². The highest BCUT2D eigenvalue weighted by Crippen LogP contribution is 2.33.